The molecule has 3 aromatic heterocycles. The smallest absolute Gasteiger partial charge is 0.253 e. The first-order valence-corrected chi connectivity index (χ1v) is 10.1. The van der Waals surface area contributed by atoms with E-state index in [-0.39, 0.29) is 5.91 Å². The van der Waals surface area contributed by atoms with Gasteiger partial charge in [-0.2, -0.15) is 5.10 Å². The monoisotopic (exact) mass is 385 g/mol. The standard InChI is InChI=1S/C23H23N5O/c29-23(18-4-2-1-3-5-18)27-9-6-17(7-10-27)16-28-11-8-19-12-20(13-24-22(19)28)21-14-25-26-15-21/h1-5,8,11-15,17H,6-7,9-10,16H2,(H,25,26). The zero-order chi connectivity index (χ0) is 19.6. The van der Waals surface area contributed by atoms with E-state index in [2.05, 4.69) is 33.1 Å². The quantitative estimate of drug-likeness (QED) is 0.578. The summed E-state index contributed by atoms with van der Waals surface area (Å²) < 4.78 is 2.24. The number of carbonyl (C=O) groups excluding carboxylic acids is 1. The number of aromatic amines is 1. The predicted molar refractivity (Wildman–Crippen MR) is 112 cm³/mol. The lowest BCUT2D eigenvalue weighted by atomic mass is 9.96. The third-order valence-electron chi connectivity index (χ3n) is 5.81. The molecule has 6 heteroatoms. The number of carbonyl (C=O) groups is 1. The zero-order valence-electron chi connectivity index (χ0n) is 16.2. The first-order chi connectivity index (χ1) is 14.3. The summed E-state index contributed by atoms with van der Waals surface area (Å²) in [4.78, 5) is 19.3. The van der Waals surface area contributed by atoms with E-state index in [9.17, 15) is 4.79 Å². The number of amides is 1. The second kappa shape index (κ2) is 7.54. The number of likely N-dealkylation sites (tertiary alicyclic amines) is 1. The van der Waals surface area contributed by atoms with Gasteiger partial charge in [0.05, 0.1) is 6.20 Å². The molecule has 29 heavy (non-hydrogen) atoms. The topological polar surface area (TPSA) is 66.8 Å². The highest BCUT2D eigenvalue weighted by atomic mass is 16.2. The Kier molecular flexibility index (Phi) is 4.60. The van der Waals surface area contributed by atoms with Crippen LogP contribution in [0.4, 0.5) is 0 Å². The molecule has 0 bridgehead atoms. The molecule has 1 aliphatic rings. The van der Waals surface area contributed by atoms with Gasteiger partial charge in [-0.3, -0.25) is 9.89 Å². The molecule has 0 radical (unpaired) electrons. The van der Waals surface area contributed by atoms with E-state index in [4.69, 9.17) is 4.98 Å². The van der Waals surface area contributed by atoms with E-state index in [0.29, 0.717) is 5.92 Å². The fraction of sp³-hybridized carbons (Fsp3) is 0.261. The molecule has 5 rings (SSSR count). The number of piperidine rings is 1. The average molecular weight is 385 g/mol. The van der Waals surface area contributed by atoms with Crippen molar-refractivity contribution in [1.29, 1.82) is 0 Å². The van der Waals surface area contributed by atoms with E-state index in [1.54, 1.807) is 0 Å². The number of fused-ring (bicyclic) bond motifs is 1. The minimum absolute atomic E-state index is 0.143. The Morgan fingerprint density at radius 1 is 1.07 bits per heavy atom. The van der Waals surface area contributed by atoms with Crippen LogP contribution in [0.5, 0.6) is 0 Å². The van der Waals surface area contributed by atoms with E-state index in [0.717, 1.165) is 60.2 Å². The molecule has 0 aliphatic carbocycles. The second-order valence-corrected chi connectivity index (χ2v) is 7.69. The summed E-state index contributed by atoms with van der Waals surface area (Å²) in [6.07, 6.45) is 9.76. The van der Waals surface area contributed by atoms with Crippen LogP contribution in [0.1, 0.15) is 23.2 Å². The van der Waals surface area contributed by atoms with Crippen molar-refractivity contribution in [1.82, 2.24) is 24.6 Å². The number of pyridine rings is 1. The normalized spacial score (nSPS) is 15.1. The van der Waals surface area contributed by atoms with Crippen LogP contribution in [0, 0.1) is 5.92 Å². The molecule has 0 unspecified atom stereocenters. The Labute approximate surface area is 169 Å². The number of rotatable bonds is 4. The third kappa shape index (κ3) is 3.53. The van der Waals surface area contributed by atoms with Gasteiger partial charge in [0.15, 0.2) is 0 Å². The Morgan fingerprint density at radius 3 is 2.66 bits per heavy atom. The summed E-state index contributed by atoms with van der Waals surface area (Å²) in [5, 5.41) is 8.00. The summed E-state index contributed by atoms with van der Waals surface area (Å²) in [5.74, 6) is 0.699. The molecule has 6 nitrogen and oxygen atoms in total. The van der Waals surface area contributed by atoms with E-state index in [1.807, 2.05) is 53.8 Å². The summed E-state index contributed by atoms with van der Waals surface area (Å²) in [7, 11) is 0. The van der Waals surface area contributed by atoms with Crippen LogP contribution in [-0.2, 0) is 6.54 Å². The van der Waals surface area contributed by atoms with Crippen LogP contribution in [0.2, 0.25) is 0 Å². The fourth-order valence-electron chi connectivity index (χ4n) is 4.15. The SMILES string of the molecule is O=C(c1ccccc1)N1CCC(Cn2ccc3cc(-c4cn[nH]c4)cnc32)CC1. The molecule has 146 valence electrons. The Morgan fingerprint density at radius 2 is 1.90 bits per heavy atom. The second-order valence-electron chi connectivity index (χ2n) is 7.69. The Balaban J connectivity index is 1.25. The highest BCUT2D eigenvalue weighted by molar-refractivity contribution is 5.94. The van der Waals surface area contributed by atoms with E-state index < -0.39 is 0 Å². The van der Waals surface area contributed by atoms with Gasteiger partial charge in [0.1, 0.15) is 5.65 Å². The summed E-state index contributed by atoms with van der Waals surface area (Å²) >= 11 is 0. The molecule has 0 atom stereocenters. The van der Waals surface area contributed by atoms with Gasteiger partial charge in [-0.25, -0.2) is 4.98 Å². The minimum atomic E-state index is 0.143. The van der Waals surface area contributed by atoms with Crippen molar-refractivity contribution < 1.29 is 4.79 Å². The molecule has 0 spiro atoms. The van der Waals surface area contributed by atoms with Gasteiger partial charge in [0, 0.05) is 60.3 Å². The van der Waals surface area contributed by atoms with Gasteiger partial charge in [0.25, 0.3) is 5.91 Å². The van der Waals surface area contributed by atoms with Crippen molar-refractivity contribution in [2.45, 2.75) is 19.4 Å². The zero-order valence-corrected chi connectivity index (χ0v) is 16.2. The van der Waals surface area contributed by atoms with Gasteiger partial charge in [0.2, 0.25) is 0 Å². The summed E-state index contributed by atoms with van der Waals surface area (Å²) in [6.45, 7) is 2.57. The van der Waals surface area contributed by atoms with Crippen LogP contribution in [0.3, 0.4) is 0 Å². The number of nitrogens with zero attached hydrogens (tertiary/aromatic N) is 4. The average Bonchev–Trinajstić information content (AvgIpc) is 3.45. The Bertz CT molecular complexity index is 1110. The van der Waals surface area contributed by atoms with Crippen LogP contribution >= 0.6 is 0 Å². The molecule has 1 aromatic carbocycles. The van der Waals surface area contributed by atoms with Crippen LogP contribution in [-0.4, -0.2) is 43.6 Å². The third-order valence-corrected chi connectivity index (χ3v) is 5.81. The van der Waals surface area contributed by atoms with Crippen molar-refractivity contribution in [3.8, 4) is 11.1 Å². The van der Waals surface area contributed by atoms with Crippen molar-refractivity contribution in [2.75, 3.05) is 13.1 Å². The maximum absolute atomic E-state index is 12.6. The molecular formula is C23H23N5O. The largest absolute Gasteiger partial charge is 0.339 e. The maximum Gasteiger partial charge on any atom is 0.253 e. The summed E-state index contributed by atoms with van der Waals surface area (Å²) in [6, 6.07) is 13.8. The maximum atomic E-state index is 12.6. The molecule has 1 aliphatic heterocycles. The predicted octanol–water partition coefficient (Wildman–Crippen LogP) is 3.98. The number of hydrogen-bond donors (Lipinski definition) is 1. The molecule has 1 amide bonds. The lowest BCUT2D eigenvalue weighted by molar-refractivity contribution is 0.0683. The van der Waals surface area contributed by atoms with E-state index >= 15 is 0 Å². The number of benzene rings is 1. The van der Waals surface area contributed by atoms with Gasteiger partial charge >= 0.3 is 0 Å². The lowest BCUT2D eigenvalue weighted by Crippen LogP contribution is -2.39. The summed E-state index contributed by atoms with van der Waals surface area (Å²) in [5.41, 5.74) is 3.90. The fourth-order valence-corrected chi connectivity index (χ4v) is 4.15. The number of nitrogens with one attached hydrogen (secondary N) is 1. The van der Waals surface area contributed by atoms with Crippen molar-refractivity contribution in [3.63, 3.8) is 0 Å². The van der Waals surface area contributed by atoms with Crippen LogP contribution < -0.4 is 0 Å². The van der Waals surface area contributed by atoms with Gasteiger partial charge in [-0.15, -0.1) is 0 Å². The van der Waals surface area contributed by atoms with Crippen molar-refractivity contribution >= 4 is 16.9 Å². The number of hydrogen-bond acceptors (Lipinski definition) is 3. The van der Waals surface area contributed by atoms with Crippen LogP contribution in [0.15, 0.2) is 67.3 Å². The van der Waals surface area contributed by atoms with Crippen molar-refractivity contribution in [2.24, 2.45) is 5.92 Å². The van der Waals surface area contributed by atoms with Gasteiger partial charge in [-0.05, 0) is 43.0 Å². The van der Waals surface area contributed by atoms with Crippen molar-refractivity contribution in [3.05, 3.63) is 72.8 Å². The number of aromatic nitrogens is 4. The van der Waals surface area contributed by atoms with Gasteiger partial charge in [-0.1, -0.05) is 18.2 Å². The number of H-pyrrole nitrogens is 1. The molecule has 1 saturated heterocycles. The minimum Gasteiger partial charge on any atom is -0.339 e. The highest BCUT2D eigenvalue weighted by Gasteiger charge is 2.24. The Hall–Kier alpha value is -3.41. The van der Waals surface area contributed by atoms with Gasteiger partial charge < -0.3 is 9.47 Å². The van der Waals surface area contributed by atoms with Crippen LogP contribution in [0.25, 0.3) is 22.2 Å². The molecular weight excluding hydrogens is 362 g/mol. The first-order valence-electron chi connectivity index (χ1n) is 10.1. The highest BCUT2D eigenvalue weighted by Crippen LogP contribution is 2.25. The lowest BCUT2D eigenvalue weighted by Gasteiger charge is -2.32. The molecule has 4 heterocycles. The molecule has 4 aromatic rings. The molecule has 1 fully saturated rings. The van der Waals surface area contributed by atoms with E-state index in [1.165, 1.54) is 0 Å². The first kappa shape index (κ1) is 17.7. The molecule has 0 saturated carbocycles. The molecule has 1 N–H and O–H groups in total.